The molecule has 4 heteroatoms. The summed E-state index contributed by atoms with van der Waals surface area (Å²) in [4.78, 5) is 14.1. The number of fused-ring (bicyclic) bond motifs is 1. The summed E-state index contributed by atoms with van der Waals surface area (Å²) in [5, 5.41) is 5.35. The van der Waals surface area contributed by atoms with Crippen molar-refractivity contribution in [1.29, 1.82) is 0 Å². The standard InChI is InChI=1S/C22H23FN2O/c1-16(18-12-11-17-7-3-4-8-19(17)13-18)24-22(26)15-25(2)14-20-9-5-6-10-21(20)23/h3-13,16H,14-15H2,1-2H3,(H,24,26). The Morgan fingerprint density at radius 1 is 1.04 bits per heavy atom. The van der Waals surface area contributed by atoms with Crippen LogP contribution in [0.2, 0.25) is 0 Å². The molecule has 1 N–H and O–H groups in total. The van der Waals surface area contributed by atoms with Gasteiger partial charge in [-0.1, -0.05) is 54.6 Å². The van der Waals surface area contributed by atoms with Crippen LogP contribution in [0.4, 0.5) is 4.39 Å². The number of carbonyl (C=O) groups is 1. The highest BCUT2D eigenvalue weighted by Crippen LogP contribution is 2.20. The maximum Gasteiger partial charge on any atom is 0.234 e. The first-order valence-corrected chi connectivity index (χ1v) is 8.73. The summed E-state index contributed by atoms with van der Waals surface area (Å²) >= 11 is 0. The molecular formula is C22H23FN2O. The highest BCUT2D eigenvalue weighted by Gasteiger charge is 2.13. The molecule has 0 aliphatic carbocycles. The summed E-state index contributed by atoms with van der Waals surface area (Å²) < 4.78 is 13.7. The van der Waals surface area contributed by atoms with Crippen molar-refractivity contribution in [3.05, 3.63) is 83.7 Å². The Hall–Kier alpha value is -2.72. The Kier molecular flexibility index (Phi) is 5.64. The minimum Gasteiger partial charge on any atom is -0.348 e. The molecule has 0 saturated heterocycles. The van der Waals surface area contributed by atoms with Gasteiger partial charge in [-0.25, -0.2) is 4.39 Å². The van der Waals surface area contributed by atoms with Gasteiger partial charge < -0.3 is 5.32 Å². The number of halogens is 1. The molecule has 26 heavy (non-hydrogen) atoms. The molecule has 1 atom stereocenters. The number of benzene rings is 3. The number of carbonyl (C=O) groups excluding carboxylic acids is 1. The van der Waals surface area contributed by atoms with Gasteiger partial charge in [0.15, 0.2) is 0 Å². The SMILES string of the molecule is CC(NC(=O)CN(C)Cc1ccccc1F)c1ccc2ccccc2c1. The lowest BCUT2D eigenvalue weighted by Crippen LogP contribution is -2.36. The number of likely N-dealkylation sites (N-methyl/N-ethyl adjacent to an activating group) is 1. The molecule has 3 rings (SSSR count). The highest BCUT2D eigenvalue weighted by atomic mass is 19.1. The van der Waals surface area contributed by atoms with Crippen molar-refractivity contribution in [2.24, 2.45) is 0 Å². The molecule has 3 nitrogen and oxygen atoms in total. The van der Waals surface area contributed by atoms with Gasteiger partial charge in [0.05, 0.1) is 12.6 Å². The summed E-state index contributed by atoms with van der Waals surface area (Å²) in [7, 11) is 1.81. The van der Waals surface area contributed by atoms with Crippen LogP contribution in [-0.2, 0) is 11.3 Å². The van der Waals surface area contributed by atoms with E-state index in [4.69, 9.17) is 0 Å². The van der Waals surface area contributed by atoms with Crippen molar-refractivity contribution >= 4 is 16.7 Å². The first kappa shape index (κ1) is 18.1. The van der Waals surface area contributed by atoms with Gasteiger partial charge in [-0.2, -0.15) is 0 Å². The van der Waals surface area contributed by atoms with Gasteiger partial charge in [0.25, 0.3) is 0 Å². The second kappa shape index (κ2) is 8.11. The fourth-order valence-corrected chi connectivity index (χ4v) is 3.07. The van der Waals surface area contributed by atoms with E-state index in [9.17, 15) is 9.18 Å². The van der Waals surface area contributed by atoms with Gasteiger partial charge >= 0.3 is 0 Å². The van der Waals surface area contributed by atoms with Crippen molar-refractivity contribution in [3.63, 3.8) is 0 Å². The van der Waals surface area contributed by atoms with Crippen LogP contribution < -0.4 is 5.32 Å². The van der Waals surface area contributed by atoms with Gasteiger partial charge in [0.2, 0.25) is 5.91 Å². The number of amides is 1. The summed E-state index contributed by atoms with van der Waals surface area (Å²) in [6.45, 7) is 2.58. The van der Waals surface area contributed by atoms with Crippen LogP contribution in [0, 0.1) is 5.82 Å². The Labute approximate surface area is 153 Å². The molecule has 134 valence electrons. The third kappa shape index (κ3) is 4.46. The van der Waals surface area contributed by atoms with Crippen LogP contribution in [0.15, 0.2) is 66.7 Å². The zero-order chi connectivity index (χ0) is 18.5. The predicted octanol–water partition coefficient (Wildman–Crippen LogP) is 4.29. The van der Waals surface area contributed by atoms with E-state index < -0.39 is 0 Å². The zero-order valence-corrected chi connectivity index (χ0v) is 15.1. The third-order valence-electron chi connectivity index (χ3n) is 4.46. The van der Waals surface area contributed by atoms with Gasteiger partial charge in [0.1, 0.15) is 5.82 Å². The molecule has 3 aromatic rings. The highest BCUT2D eigenvalue weighted by molar-refractivity contribution is 5.83. The molecule has 0 aliphatic rings. The molecule has 0 spiro atoms. The minimum absolute atomic E-state index is 0.0792. The van der Waals surface area contributed by atoms with Gasteiger partial charge in [0, 0.05) is 12.1 Å². The van der Waals surface area contributed by atoms with Gasteiger partial charge in [-0.05, 0) is 42.4 Å². The first-order valence-electron chi connectivity index (χ1n) is 8.73. The van der Waals surface area contributed by atoms with Gasteiger partial charge in [-0.3, -0.25) is 9.69 Å². The maximum absolute atomic E-state index is 13.7. The molecule has 0 aromatic heterocycles. The fourth-order valence-electron chi connectivity index (χ4n) is 3.07. The Morgan fingerprint density at radius 3 is 2.50 bits per heavy atom. The number of rotatable bonds is 6. The second-order valence-corrected chi connectivity index (χ2v) is 6.66. The third-order valence-corrected chi connectivity index (χ3v) is 4.46. The topological polar surface area (TPSA) is 32.3 Å². The molecule has 0 heterocycles. The van der Waals surface area contributed by atoms with E-state index in [0.717, 1.165) is 10.9 Å². The lowest BCUT2D eigenvalue weighted by atomic mass is 10.0. The number of nitrogens with one attached hydrogen (secondary N) is 1. The molecule has 1 amide bonds. The molecule has 0 saturated carbocycles. The van der Waals surface area contributed by atoms with E-state index in [1.54, 1.807) is 23.1 Å². The summed E-state index contributed by atoms with van der Waals surface area (Å²) in [5.41, 5.74) is 1.65. The first-order chi connectivity index (χ1) is 12.5. The summed E-state index contributed by atoms with van der Waals surface area (Å²) in [6, 6.07) is 20.9. The summed E-state index contributed by atoms with van der Waals surface area (Å²) in [5.74, 6) is -0.325. The minimum atomic E-state index is -0.246. The van der Waals surface area contributed by atoms with E-state index in [-0.39, 0.29) is 24.3 Å². The molecule has 0 radical (unpaired) electrons. The zero-order valence-electron chi connectivity index (χ0n) is 15.1. The summed E-state index contributed by atoms with van der Waals surface area (Å²) in [6.07, 6.45) is 0. The van der Waals surface area contributed by atoms with Crippen LogP contribution in [0.5, 0.6) is 0 Å². The number of nitrogens with zero attached hydrogens (tertiary/aromatic N) is 1. The number of hydrogen-bond acceptors (Lipinski definition) is 2. The predicted molar refractivity (Wildman–Crippen MR) is 103 cm³/mol. The van der Waals surface area contributed by atoms with E-state index in [1.165, 1.54) is 11.5 Å². The molecule has 1 unspecified atom stereocenters. The van der Waals surface area contributed by atoms with Crippen LogP contribution in [-0.4, -0.2) is 24.4 Å². The Morgan fingerprint density at radius 2 is 1.73 bits per heavy atom. The van der Waals surface area contributed by atoms with Crippen LogP contribution in [0.3, 0.4) is 0 Å². The molecule has 3 aromatic carbocycles. The van der Waals surface area contributed by atoms with E-state index in [1.807, 2.05) is 32.2 Å². The van der Waals surface area contributed by atoms with Crippen molar-refractivity contribution in [2.45, 2.75) is 19.5 Å². The second-order valence-electron chi connectivity index (χ2n) is 6.66. The van der Waals surface area contributed by atoms with Crippen LogP contribution in [0.1, 0.15) is 24.1 Å². The fraction of sp³-hybridized carbons (Fsp3) is 0.227. The smallest absolute Gasteiger partial charge is 0.234 e. The largest absolute Gasteiger partial charge is 0.348 e. The average molecular weight is 350 g/mol. The number of hydrogen-bond donors (Lipinski definition) is 1. The maximum atomic E-state index is 13.7. The van der Waals surface area contributed by atoms with Gasteiger partial charge in [-0.15, -0.1) is 0 Å². The molecule has 0 aliphatic heterocycles. The normalized spacial score (nSPS) is 12.3. The van der Waals surface area contributed by atoms with E-state index >= 15 is 0 Å². The molecule has 0 fully saturated rings. The Bertz CT molecular complexity index is 909. The molecule has 0 bridgehead atoms. The lowest BCUT2D eigenvalue weighted by Gasteiger charge is -2.20. The molecular weight excluding hydrogens is 327 g/mol. The Balaban J connectivity index is 1.58. The van der Waals surface area contributed by atoms with E-state index in [2.05, 4.69) is 29.6 Å². The van der Waals surface area contributed by atoms with Crippen LogP contribution >= 0.6 is 0 Å². The lowest BCUT2D eigenvalue weighted by molar-refractivity contribution is -0.122. The monoisotopic (exact) mass is 350 g/mol. The van der Waals surface area contributed by atoms with Crippen molar-refractivity contribution < 1.29 is 9.18 Å². The van der Waals surface area contributed by atoms with Crippen LogP contribution in [0.25, 0.3) is 10.8 Å². The van der Waals surface area contributed by atoms with Crippen molar-refractivity contribution in [3.8, 4) is 0 Å². The van der Waals surface area contributed by atoms with E-state index in [0.29, 0.717) is 12.1 Å². The van der Waals surface area contributed by atoms with Crippen molar-refractivity contribution in [2.75, 3.05) is 13.6 Å². The van der Waals surface area contributed by atoms with Crippen molar-refractivity contribution in [1.82, 2.24) is 10.2 Å². The average Bonchev–Trinajstić information content (AvgIpc) is 2.63. The quantitative estimate of drug-likeness (QED) is 0.719.